The minimum absolute atomic E-state index is 0.0963. The lowest BCUT2D eigenvalue weighted by atomic mass is 10.0. The third-order valence-electron chi connectivity index (χ3n) is 3.13. The Bertz CT molecular complexity index is 390. The molecular weight excluding hydrogens is 268 g/mol. The van der Waals surface area contributed by atoms with Gasteiger partial charge in [0.05, 0.1) is 12.7 Å². The van der Waals surface area contributed by atoms with E-state index in [2.05, 4.69) is 5.32 Å². The van der Waals surface area contributed by atoms with Crippen LogP contribution >= 0.6 is 11.8 Å². The molecule has 1 aromatic carbocycles. The quantitative estimate of drug-likeness (QED) is 0.899. The van der Waals surface area contributed by atoms with E-state index >= 15 is 0 Å². The fourth-order valence-electron chi connectivity index (χ4n) is 2.32. The van der Waals surface area contributed by atoms with E-state index < -0.39 is 11.6 Å². The molecule has 0 spiro atoms. The Morgan fingerprint density at radius 1 is 1.37 bits per heavy atom. The largest absolute Gasteiger partial charge is 0.375 e. The maximum atomic E-state index is 13.2. The second kappa shape index (κ2) is 7.22. The molecule has 1 fully saturated rings. The Morgan fingerprint density at radius 2 is 2.11 bits per heavy atom. The van der Waals surface area contributed by atoms with E-state index in [1.54, 1.807) is 0 Å². The number of thioether (sulfide) groups is 1. The van der Waals surface area contributed by atoms with Crippen molar-refractivity contribution >= 4 is 11.8 Å². The summed E-state index contributed by atoms with van der Waals surface area (Å²) in [5, 5.41) is 3.36. The average Bonchev–Trinajstić information content (AvgIpc) is 2.38. The van der Waals surface area contributed by atoms with Crippen LogP contribution in [0, 0.1) is 11.6 Å². The van der Waals surface area contributed by atoms with Crippen LogP contribution in [0.2, 0.25) is 0 Å². The molecule has 1 saturated heterocycles. The van der Waals surface area contributed by atoms with Crippen LogP contribution in [0.5, 0.6) is 0 Å². The summed E-state index contributed by atoms with van der Waals surface area (Å²) in [6, 6.07) is 3.78. The highest BCUT2D eigenvalue weighted by molar-refractivity contribution is 7.99. The van der Waals surface area contributed by atoms with E-state index in [1.807, 2.05) is 18.7 Å². The van der Waals surface area contributed by atoms with Gasteiger partial charge in [0.15, 0.2) is 0 Å². The smallest absolute Gasteiger partial charge is 0.126 e. The van der Waals surface area contributed by atoms with Gasteiger partial charge in [0.25, 0.3) is 0 Å². The molecule has 0 aromatic heterocycles. The van der Waals surface area contributed by atoms with Crippen molar-refractivity contribution in [3.05, 3.63) is 35.4 Å². The Kier molecular flexibility index (Phi) is 5.60. The lowest BCUT2D eigenvalue weighted by molar-refractivity contribution is 0.0475. The van der Waals surface area contributed by atoms with E-state index in [1.165, 1.54) is 12.1 Å². The topological polar surface area (TPSA) is 21.3 Å². The highest BCUT2D eigenvalue weighted by Gasteiger charge is 2.24. The zero-order chi connectivity index (χ0) is 13.7. The number of likely N-dealkylation sites (N-methyl/N-ethyl adjacent to an activating group) is 1. The molecule has 1 heterocycles. The van der Waals surface area contributed by atoms with E-state index in [9.17, 15) is 8.78 Å². The highest BCUT2D eigenvalue weighted by Crippen LogP contribution is 2.19. The van der Waals surface area contributed by atoms with Crippen LogP contribution in [0.3, 0.4) is 0 Å². The van der Waals surface area contributed by atoms with E-state index in [4.69, 9.17) is 4.74 Å². The Morgan fingerprint density at radius 3 is 2.68 bits per heavy atom. The molecule has 19 heavy (non-hydrogen) atoms. The van der Waals surface area contributed by atoms with Crippen LogP contribution in [0.15, 0.2) is 18.2 Å². The molecule has 5 heteroatoms. The molecule has 0 amide bonds. The fraction of sp³-hybridized carbons (Fsp3) is 0.571. The van der Waals surface area contributed by atoms with Gasteiger partial charge in [0.2, 0.25) is 0 Å². The summed E-state index contributed by atoms with van der Waals surface area (Å²) in [4.78, 5) is 0. The van der Waals surface area contributed by atoms with Gasteiger partial charge in [-0.15, -0.1) is 0 Å². The van der Waals surface area contributed by atoms with Gasteiger partial charge in [-0.25, -0.2) is 8.78 Å². The first-order chi connectivity index (χ1) is 9.19. The Labute approximate surface area is 116 Å². The molecule has 1 aliphatic heterocycles. The summed E-state index contributed by atoms with van der Waals surface area (Å²) in [6.07, 6.45) is 0.679. The zero-order valence-electron chi connectivity index (χ0n) is 11.0. The molecule has 2 unspecified atom stereocenters. The van der Waals surface area contributed by atoms with Crippen LogP contribution < -0.4 is 5.32 Å². The van der Waals surface area contributed by atoms with E-state index in [0.717, 1.165) is 30.7 Å². The number of halogens is 2. The van der Waals surface area contributed by atoms with Crippen molar-refractivity contribution in [2.24, 2.45) is 0 Å². The predicted molar refractivity (Wildman–Crippen MR) is 74.6 cm³/mol. The van der Waals surface area contributed by atoms with Gasteiger partial charge < -0.3 is 10.1 Å². The van der Waals surface area contributed by atoms with Gasteiger partial charge in [-0.3, -0.25) is 0 Å². The number of hydrogen-bond acceptors (Lipinski definition) is 3. The summed E-state index contributed by atoms with van der Waals surface area (Å²) in [7, 11) is 0. The van der Waals surface area contributed by atoms with E-state index in [0.29, 0.717) is 12.0 Å². The van der Waals surface area contributed by atoms with Crippen molar-refractivity contribution in [2.45, 2.75) is 25.5 Å². The third-order valence-corrected chi connectivity index (χ3v) is 4.15. The fourth-order valence-corrected chi connectivity index (χ4v) is 3.26. The minimum Gasteiger partial charge on any atom is -0.375 e. The van der Waals surface area contributed by atoms with E-state index in [-0.39, 0.29) is 12.1 Å². The predicted octanol–water partition coefficient (Wildman–Crippen LogP) is 2.62. The third kappa shape index (κ3) is 4.44. The molecule has 106 valence electrons. The van der Waals surface area contributed by atoms with Crippen LogP contribution in [0.1, 0.15) is 12.5 Å². The van der Waals surface area contributed by atoms with Crippen molar-refractivity contribution in [1.82, 2.24) is 5.32 Å². The van der Waals surface area contributed by atoms with Crippen LogP contribution in [0.4, 0.5) is 8.78 Å². The minimum atomic E-state index is -0.524. The molecule has 1 aliphatic rings. The molecular formula is C14H19F2NOS. The lowest BCUT2D eigenvalue weighted by Crippen LogP contribution is -2.46. The molecule has 2 nitrogen and oxygen atoms in total. The lowest BCUT2D eigenvalue weighted by Gasteiger charge is -2.31. The molecule has 1 aromatic rings. The Balaban J connectivity index is 2.06. The zero-order valence-corrected chi connectivity index (χ0v) is 11.8. The summed E-state index contributed by atoms with van der Waals surface area (Å²) >= 11 is 1.86. The van der Waals surface area contributed by atoms with Gasteiger partial charge in [0, 0.05) is 23.6 Å². The first kappa shape index (κ1) is 14.8. The van der Waals surface area contributed by atoms with Gasteiger partial charge >= 0.3 is 0 Å². The Hall–Kier alpha value is -0.650. The SMILES string of the molecule is CCNC(Cc1cc(F)cc(F)c1)C1CSCCO1. The van der Waals surface area contributed by atoms with Crippen molar-refractivity contribution in [3.8, 4) is 0 Å². The van der Waals surface area contributed by atoms with Crippen molar-refractivity contribution in [3.63, 3.8) is 0 Å². The molecule has 1 N–H and O–H groups in total. The summed E-state index contributed by atoms with van der Waals surface area (Å²) in [5.74, 6) is 0.896. The highest BCUT2D eigenvalue weighted by atomic mass is 32.2. The number of nitrogens with one attached hydrogen (secondary N) is 1. The van der Waals surface area contributed by atoms with Crippen molar-refractivity contribution in [1.29, 1.82) is 0 Å². The van der Waals surface area contributed by atoms with Crippen LogP contribution in [0.25, 0.3) is 0 Å². The second-order valence-electron chi connectivity index (χ2n) is 4.63. The van der Waals surface area contributed by atoms with Crippen molar-refractivity contribution in [2.75, 3.05) is 24.7 Å². The molecule has 0 radical (unpaired) electrons. The van der Waals surface area contributed by atoms with Gasteiger partial charge in [-0.2, -0.15) is 11.8 Å². The van der Waals surface area contributed by atoms with Crippen molar-refractivity contribution < 1.29 is 13.5 Å². The number of hydrogen-bond donors (Lipinski definition) is 1. The number of ether oxygens (including phenoxy) is 1. The summed E-state index contributed by atoms with van der Waals surface area (Å²) in [6.45, 7) is 3.58. The number of benzene rings is 1. The molecule has 2 rings (SSSR count). The van der Waals surface area contributed by atoms with Crippen LogP contribution in [-0.2, 0) is 11.2 Å². The first-order valence-corrected chi connectivity index (χ1v) is 7.72. The molecule has 0 saturated carbocycles. The maximum absolute atomic E-state index is 13.2. The monoisotopic (exact) mass is 287 g/mol. The summed E-state index contributed by atoms with van der Waals surface area (Å²) < 4.78 is 32.2. The molecule has 2 atom stereocenters. The average molecular weight is 287 g/mol. The number of rotatable bonds is 5. The first-order valence-electron chi connectivity index (χ1n) is 6.56. The maximum Gasteiger partial charge on any atom is 0.126 e. The summed E-state index contributed by atoms with van der Waals surface area (Å²) in [5.41, 5.74) is 0.669. The van der Waals surface area contributed by atoms with Crippen LogP contribution in [-0.4, -0.2) is 36.8 Å². The van der Waals surface area contributed by atoms with Gasteiger partial charge in [-0.05, 0) is 30.7 Å². The normalized spacial score (nSPS) is 21.3. The molecule has 0 aliphatic carbocycles. The second-order valence-corrected chi connectivity index (χ2v) is 5.78. The van der Waals surface area contributed by atoms with Gasteiger partial charge in [-0.1, -0.05) is 6.92 Å². The van der Waals surface area contributed by atoms with Gasteiger partial charge in [0.1, 0.15) is 11.6 Å². The standard InChI is InChI=1S/C14H19F2NOS/c1-2-17-13(14-9-19-4-3-18-14)7-10-5-11(15)8-12(16)6-10/h5-6,8,13-14,17H,2-4,7,9H2,1H3. The molecule has 0 bridgehead atoms.